The van der Waals surface area contributed by atoms with Crippen molar-refractivity contribution in [2.24, 2.45) is 11.8 Å². The number of ether oxygens (including phenoxy) is 2. The minimum atomic E-state index is -0.236. The molecule has 0 aromatic heterocycles. The first-order valence-corrected chi connectivity index (χ1v) is 6.20. The van der Waals surface area contributed by atoms with Gasteiger partial charge < -0.3 is 9.47 Å². The molecule has 0 radical (unpaired) electrons. The Labute approximate surface area is 91.6 Å². The van der Waals surface area contributed by atoms with Crippen LogP contribution in [-0.2, 0) is 9.47 Å². The van der Waals surface area contributed by atoms with E-state index in [0.717, 1.165) is 12.3 Å². The van der Waals surface area contributed by atoms with Gasteiger partial charge in [-0.25, -0.2) is 0 Å². The van der Waals surface area contributed by atoms with Gasteiger partial charge in [0, 0.05) is 12.3 Å². The fourth-order valence-corrected chi connectivity index (χ4v) is 3.31. The van der Waals surface area contributed by atoms with Crippen LogP contribution >= 0.6 is 0 Å². The van der Waals surface area contributed by atoms with Gasteiger partial charge in [0.2, 0.25) is 0 Å². The van der Waals surface area contributed by atoms with E-state index >= 15 is 0 Å². The van der Waals surface area contributed by atoms with Gasteiger partial charge in [-0.3, -0.25) is 0 Å². The third-order valence-corrected chi connectivity index (χ3v) is 4.39. The molecule has 15 heavy (non-hydrogen) atoms. The summed E-state index contributed by atoms with van der Waals surface area (Å²) in [7, 11) is 0. The third kappa shape index (κ3) is 1.24. The van der Waals surface area contributed by atoms with Crippen LogP contribution in [0.5, 0.6) is 0 Å². The van der Waals surface area contributed by atoms with Crippen LogP contribution in [0.25, 0.3) is 0 Å². The Morgan fingerprint density at radius 2 is 2.00 bits per heavy atom. The molecule has 4 atom stereocenters. The molecule has 1 heterocycles. The molecular formula is C13H20O2. The second-order valence-electron chi connectivity index (χ2n) is 5.33. The zero-order valence-corrected chi connectivity index (χ0v) is 9.82. The van der Waals surface area contributed by atoms with Crippen LogP contribution in [0.15, 0.2) is 11.6 Å². The minimum Gasteiger partial charge on any atom is -0.344 e. The molecule has 0 amide bonds. The van der Waals surface area contributed by atoms with Crippen molar-refractivity contribution in [2.75, 3.05) is 0 Å². The monoisotopic (exact) mass is 208 g/mol. The molecule has 2 nitrogen and oxygen atoms in total. The summed E-state index contributed by atoms with van der Waals surface area (Å²) < 4.78 is 12.1. The smallest absolute Gasteiger partial charge is 0.176 e. The SMILES string of the molecule is CCC1=CC2C(C1)CC21OC(C)C(C)O1. The van der Waals surface area contributed by atoms with Gasteiger partial charge in [0.15, 0.2) is 5.79 Å². The van der Waals surface area contributed by atoms with Gasteiger partial charge in [0.1, 0.15) is 0 Å². The van der Waals surface area contributed by atoms with E-state index in [-0.39, 0.29) is 18.0 Å². The lowest BCUT2D eigenvalue weighted by molar-refractivity contribution is -0.269. The predicted molar refractivity (Wildman–Crippen MR) is 58.4 cm³/mol. The Bertz CT molecular complexity index is 298. The first-order chi connectivity index (χ1) is 7.14. The van der Waals surface area contributed by atoms with Crippen LogP contribution in [0.3, 0.4) is 0 Å². The first-order valence-electron chi connectivity index (χ1n) is 6.20. The maximum Gasteiger partial charge on any atom is 0.176 e. The molecule has 1 saturated heterocycles. The van der Waals surface area contributed by atoms with Crippen LogP contribution in [0.1, 0.15) is 40.0 Å². The Kier molecular flexibility index (Phi) is 2.02. The molecule has 3 aliphatic rings. The van der Waals surface area contributed by atoms with E-state index in [4.69, 9.17) is 9.47 Å². The van der Waals surface area contributed by atoms with Gasteiger partial charge in [-0.1, -0.05) is 18.6 Å². The first kappa shape index (κ1) is 9.86. The molecule has 1 aliphatic heterocycles. The zero-order chi connectivity index (χ0) is 10.6. The van der Waals surface area contributed by atoms with Crippen LogP contribution in [0.4, 0.5) is 0 Å². The Balaban J connectivity index is 1.79. The lowest BCUT2D eigenvalue weighted by Crippen LogP contribution is -2.52. The van der Waals surface area contributed by atoms with Gasteiger partial charge in [0.25, 0.3) is 0 Å². The number of fused-ring (bicyclic) bond motifs is 2. The van der Waals surface area contributed by atoms with Crippen molar-refractivity contribution in [3.05, 3.63) is 11.6 Å². The number of hydrogen-bond donors (Lipinski definition) is 0. The van der Waals surface area contributed by atoms with Crippen molar-refractivity contribution < 1.29 is 9.47 Å². The second-order valence-corrected chi connectivity index (χ2v) is 5.33. The number of hydrogen-bond acceptors (Lipinski definition) is 2. The average Bonchev–Trinajstić information content (AvgIpc) is 2.68. The highest BCUT2D eigenvalue weighted by Gasteiger charge is 2.61. The molecule has 84 valence electrons. The predicted octanol–water partition coefficient (Wildman–Crippen LogP) is 2.88. The molecular weight excluding hydrogens is 188 g/mol. The third-order valence-electron chi connectivity index (χ3n) is 4.39. The summed E-state index contributed by atoms with van der Waals surface area (Å²) in [5, 5.41) is 0. The second kappa shape index (κ2) is 3.08. The molecule has 1 saturated carbocycles. The zero-order valence-electron chi connectivity index (χ0n) is 9.82. The summed E-state index contributed by atoms with van der Waals surface area (Å²) in [5.74, 6) is 1.11. The molecule has 1 spiro atoms. The summed E-state index contributed by atoms with van der Waals surface area (Å²) in [4.78, 5) is 0. The highest BCUT2D eigenvalue weighted by atomic mass is 16.8. The summed E-state index contributed by atoms with van der Waals surface area (Å²) in [6, 6.07) is 0. The van der Waals surface area contributed by atoms with E-state index in [1.54, 1.807) is 5.57 Å². The Hall–Kier alpha value is -0.340. The van der Waals surface area contributed by atoms with Crippen molar-refractivity contribution in [3.63, 3.8) is 0 Å². The summed E-state index contributed by atoms with van der Waals surface area (Å²) >= 11 is 0. The fourth-order valence-electron chi connectivity index (χ4n) is 3.31. The molecule has 0 aromatic carbocycles. The van der Waals surface area contributed by atoms with E-state index in [0.29, 0.717) is 5.92 Å². The van der Waals surface area contributed by atoms with Crippen LogP contribution < -0.4 is 0 Å². The number of rotatable bonds is 1. The highest BCUT2D eigenvalue weighted by Crippen LogP contribution is 2.58. The number of allylic oxidation sites excluding steroid dienone is 1. The molecule has 0 aromatic rings. The molecule has 2 fully saturated rings. The molecule has 4 unspecified atom stereocenters. The van der Waals surface area contributed by atoms with Gasteiger partial charge in [-0.05, 0) is 32.6 Å². The largest absolute Gasteiger partial charge is 0.344 e. The van der Waals surface area contributed by atoms with Crippen molar-refractivity contribution in [2.45, 2.75) is 58.0 Å². The van der Waals surface area contributed by atoms with Crippen molar-refractivity contribution in [1.29, 1.82) is 0 Å². The lowest BCUT2D eigenvalue weighted by atomic mass is 9.70. The Morgan fingerprint density at radius 3 is 2.60 bits per heavy atom. The normalized spacial score (nSPS) is 52.9. The van der Waals surface area contributed by atoms with E-state index in [9.17, 15) is 0 Å². The van der Waals surface area contributed by atoms with Crippen LogP contribution in [-0.4, -0.2) is 18.0 Å². The molecule has 3 rings (SSSR count). The van der Waals surface area contributed by atoms with Gasteiger partial charge in [-0.2, -0.15) is 0 Å². The minimum absolute atomic E-state index is 0.236. The fraction of sp³-hybridized carbons (Fsp3) is 0.846. The Morgan fingerprint density at radius 1 is 1.33 bits per heavy atom. The average molecular weight is 208 g/mol. The molecule has 2 heteroatoms. The van der Waals surface area contributed by atoms with Gasteiger partial charge in [-0.15, -0.1) is 0 Å². The highest BCUT2D eigenvalue weighted by molar-refractivity contribution is 5.23. The summed E-state index contributed by atoms with van der Waals surface area (Å²) in [6.45, 7) is 6.48. The quantitative estimate of drug-likeness (QED) is 0.617. The van der Waals surface area contributed by atoms with Crippen LogP contribution in [0, 0.1) is 11.8 Å². The van der Waals surface area contributed by atoms with Crippen molar-refractivity contribution >= 4 is 0 Å². The van der Waals surface area contributed by atoms with E-state index < -0.39 is 0 Å². The topological polar surface area (TPSA) is 18.5 Å². The van der Waals surface area contributed by atoms with Gasteiger partial charge in [0.05, 0.1) is 12.2 Å². The maximum atomic E-state index is 6.04. The molecule has 0 bridgehead atoms. The van der Waals surface area contributed by atoms with Crippen molar-refractivity contribution in [1.82, 2.24) is 0 Å². The summed E-state index contributed by atoms with van der Waals surface area (Å²) in [6.07, 6.45) is 6.49. The van der Waals surface area contributed by atoms with E-state index in [2.05, 4.69) is 26.8 Å². The summed E-state index contributed by atoms with van der Waals surface area (Å²) in [5.41, 5.74) is 1.60. The van der Waals surface area contributed by atoms with Crippen molar-refractivity contribution in [3.8, 4) is 0 Å². The standard InChI is InChI=1S/C13H20O2/c1-4-10-5-11-7-13(12(11)6-10)14-8(2)9(3)15-13/h6,8-9,11-12H,4-5,7H2,1-3H3. The maximum absolute atomic E-state index is 6.04. The lowest BCUT2D eigenvalue weighted by Gasteiger charge is -2.47. The van der Waals surface area contributed by atoms with E-state index in [1.165, 1.54) is 12.8 Å². The molecule has 2 aliphatic carbocycles. The van der Waals surface area contributed by atoms with E-state index in [1.807, 2.05) is 0 Å². The van der Waals surface area contributed by atoms with Crippen LogP contribution in [0.2, 0.25) is 0 Å². The molecule has 0 N–H and O–H groups in total. The van der Waals surface area contributed by atoms with Gasteiger partial charge >= 0.3 is 0 Å².